The highest BCUT2D eigenvalue weighted by molar-refractivity contribution is 7.89. The number of ether oxygens (including phenoxy) is 2. The van der Waals surface area contributed by atoms with E-state index in [2.05, 4.69) is 5.32 Å². The van der Waals surface area contributed by atoms with Crippen molar-refractivity contribution in [3.05, 3.63) is 23.8 Å². The quantitative estimate of drug-likeness (QED) is 0.699. The number of rotatable bonds is 7. The van der Waals surface area contributed by atoms with Gasteiger partial charge in [-0.3, -0.25) is 4.79 Å². The standard InChI is InChI=1S/C18H26N2O6S/c1-12(17(21)19-14-7-5-6-8-14)26-18(22)13-9-10-15(25-4)16(11-13)27(23,24)20(2)3/h9-12,14H,5-8H2,1-4H3,(H,19,21). The molecule has 0 spiro atoms. The molecule has 1 N–H and O–H groups in total. The van der Waals surface area contributed by atoms with E-state index in [-0.39, 0.29) is 28.2 Å². The van der Waals surface area contributed by atoms with Crippen molar-refractivity contribution in [3.63, 3.8) is 0 Å². The molecule has 0 aliphatic heterocycles. The number of hydrogen-bond acceptors (Lipinski definition) is 6. The Morgan fingerprint density at radius 1 is 1.22 bits per heavy atom. The fraction of sp³-hybridized carbons (Fsp3) is 0.556. The minimum atomic E-state index is -3.81. The minimum Gasteiger partial charge on any atom is -0.495 e. The normalized spacial score (nSPS) is 16.2. The molecular weight excluding hydrogens is 372 g/mol. The van der Waals surface area contributed by atoms with Crippen LogP contribution in [0.25, 0.3) is 0 Å². The van der Waals surface area contributed by atoms with Crippen molar-refractivity contribution in [2.24, 2.45) is 0 Å². The largest absolute Gasteiger partial charge is 0.495 e. The summed E-state index contributed by atoms with van der Waals surface area (Å²) in [5, 5.41) is 2.87. The molecular formula is C18H26N2O6S. The summed E-state index contributed by atoms with van der Waals surface area (Å²) in [6, 6.07) is 4.10. The molecule has 0 radical (unpaired) electrons. The van der Waals surface area contributed by atoms with E-state index < -0.39 is 22.1 Å². The summed E-state index contributed by atoms with van der Waals surface area (Å²) >= 11 is 0. The van der Waals surface area contributed by atoms with Crippen LogP contribution in [-0.4, -0.2) is 58.0 Å². The highest BCUT2D eigenvalue weighted by atomic mass is 32.2. The van der Waals surface area contributed by atoms with E-state index in [1.54, 1.807) is 0 Å². The molecule has 1 fully saturated rings. The van der Waals surface area contributed by atoms with Gasteiger partial charge in [0.15, 0.2) is 6.10 Å². The Morgan fingerprint density at radius 3 is 2.41 bits per heavy atom. The van der Waals surface area contributed by atoms with Crippen LogP contribution in [0.5, 0.6) is 5.75 Å². The van der Waals surface area contributed by atoms with Crippen molar-refractivity contribution < 1.29 is 27.5 Å². The van der Waals surface area contributed by atoms with Crippen molar-refractivity contribution in [1.82, 2.24) is 9.62 Å². The molecule has 27 heavy (non-hydrogen) atoms. The van der Waals surface area contributed by atoms with E-state index in [1.807, 2.05) is 0 Å². The molecule has 1 unspecified atom stereocenters. The molecule has 0 aromatic heterocycles. The van der Waals surface area contributed by atoms with Crippen molar-refractivity contribution in [1.29, 1.82) is 0 Å². The molecule has 0 bridgehead atoms. The zero-order chi connectivity index (χ0) is 20.2. The molecule has 0 saturated heterocycles. The number of esters is 1. The maximum atomic E-state index is 12.4. The molecule has 150 valence electrons. The number of nitrogens with zero attached hydrogens (tertiary/aromatic N) is 1. The SMILES string of the molecule is COc1ccc(C(=O)OC(C)C(=O)NC2CCCC2)cc1S(=O)(=O)N(C)C. The van der Waals surface area contributed by atoms with Gasteiger partial charge in [0.05, 0.1) is 12.7 Å². The average Bonchev–Trinajstić information content (AvgIpc) is 3.13. The van der Waals surface area contributed by atoms with Gasteiger partial charge in [0, 0.05) is 20.1 Å². The summed E-state index contributed by atoms with van der Waals surface area (Å²) in [4.78, 5) is 24.4. The monoisotopic (exact) mass is 398 g/mol. The van der Waals surface area contributed by atoms with Gasteiger partial charge in [0.2, 0.25) is 10.0 Å². The molecule has 1 aromatic rings. The highest BCUT2D eigenvalue weighted by Gasteiger charge is 2.26. The third kappa shape index (κ3) is 4.98. The number of benzene rings is 1. The molecule has 1 atom stereocenters. The smallest absolute Gasteiger partial charge is 0.338 e. The fourth-order valence-corrected chi connectivity index (χ4v) is 3.95. The molecule has 1 saturated carbocycles. The van der Waals surface area contributed by atoms with Crippen molar-refractivity contribution >= 4 is 21.9 Å². The van der Waals surface area contributed by atoms with Crippen LogP contribution < -0.4 is 10.1 Å². The van der Waals surface area contributed by atoms with E-state index in [0.717, 1.165) is 30.0 Å². The first-order valence-corrected chi connectivity index (χ1v) is 10.2. The minimum absolute atomic E-state index is 0.0248. The van der Waals surface area contributed by atoms with E-state index in [0.29, 0.717) is 0 Å². The predicted octanol–water partition coefficient (Wildman–Crippen LogP) is 1.55. The molecule has 1 aromatic carbocycles. The molecule has 8 nitrogen and oxygen atoms in total. The second-order valence-corrected chi connectivity index (χ2v) is 8.81. The third-order valence-electron chi connectivity index (χ3n) is 4.51. The maximum Gasteiger partial charge on any atom is 0.338 e. The van der Waals surface area contributed by atoms with Crippen LogP contribution >= 0.6 is 0 Å². The Morgan fingerprint density at radius 2 is 1.85 bits per heavy atom. The summed E-state index contributed by atoms with van der Waals surface area (Å²) in [5.41, 5.74) is 0.0248. The van der Waals surface area contributed by atoms with Gasteiger partial charge in [-0.05, 0) is 38.0 Å². The topological polar surface area (TPSA) is 102 Å². The first-order valence-electron chi connectivity index (χ1n) is 8.78. The van der Waals surface area contributed by atoms with E-state index in [9.17, 15) is 18.0 Å². The number of sulfonamides is 1. The van der Waals surface area contributed by atoms with E-state index in [1.165, 1.54) is 46.3 Å². The molecule has 1 aliphatic rings. The molecule has 2 rings (SSSR count). The van der Waals surface area contributed by atoms with Crippen LogP contribution in [-0.2, 0) is 19.6 Å². The zero-order valence-electron chi connectivity index (χ0n) is 16.0. The van der Waals surface area contributed by atoms with Gasteiger partial charge >= 0.3 is 5.97 Å². The van der Waals surface area contributed by atoms with Gasteiger partial charge in [-0.15, -0.1) is 0 Å². The first kappa shape index (κ1) is 21.2. The second kappa shape index (κ2) is 8.71. The number of methoxy groups -OCH3 is 1. The van der Waals surface area contributed by atoms with Crippen LogP contribution in [0.4, 0.5) is 0 Å². The van der Waals surface area contributed by atoms with Crippen LogP contribution in [0.2, 0.25) is 0 Å². The van der Waals surface area contributed by atoms with Crippen LogP contribution in [0.15, 0.2) is 23.1 Å². The number of carbonyl (C=O) groups is 2. The Balaban J connectivity index is 2.15. The number of hydrogen-bond donors (Lipinski definition) is 1. The first-order chi connectivity index (χ1) is 12.7. The summed E-state index contributed by atoms with van der Waals surface area (Å²) in [7, 11) is 0.298. The van der Waals surface area contributed by atoms with Gasteiger partial charge in [-0.25, -0.2) is 17.5 Å². The lowest BCUT2D eigenvalue weighted by molar-refractivity contribution is -0.129. The Hall–Kier alpha value is -2.13. The molecule has 1 amide bonds. The zero-order valence-corrected chi connectivity index (χ0v) is 16.8. The molecule has 0 heterocycles. The van der Waals surface area contributed by atoms with Crippen molar-refractivity contribution in [2.75, 3.05) is 21.2 Å². The van der Waals surface area contributed by atoms with Crippen molar-refractivity contribution in [2.45, 2.75) is 49.6 Å². The maximum absolute atomic E-state index is 12.4. The predicted molar refractivity (Wildman–Crippen MR) is 99.1 cm³/mol. The Bertz CT molecular complexity index is 800. The van der Waals surface area contributed by atoms with Crippen LogP contribution in [0.3, 0.4) is 0 Å². The lowest BCUT2D eigenvalue weighted by atomic mass is 10.2. The van der Waals surface area contributed by atoms with Crippen molar-refractivity contribution in [3.8, 4) is 5.75 Å². The lowest BCUT2D eigenvalue weighted by Gasteiger charge is -2.18. The second-order valence-electron chi connectivity index (χ2n) is 6.69. The molecule has 1 aliphatic carbocycles. The Kier molecular flexibility index (Phi) is 6.83. The van der Waals surface area contributed by atoms with E-state index >= 15 is 0 Å². The van der Waals surface area contributed by atoms with Crippen LogP contribution in [0.1, 0.15) is 43.0 Å². The van der Waals surface area contributed by atoms with Gasteiger partial charge in [-0.1, -0.05) is 12.8 Å². The summed E-state index contributed by atoms with van der Waals surface area (Å²) in [5.74, 6) is -1.01. The van der Waals surface area contributed by atoms with Gasteiger partial charge < -0.3 is 14.8 Å². The number of carbonyl (C=O) groups excluding carboxylic acids is 2. The summed E-state index contributed by atoms with van der Waals surface area (Å²) < 4.78 is 36.2. The van der Waals surface area contributed by atoms with Gasteiger partial charge in [0.1, 0.15) is 10.6 Å². The highest BCUT2D eigenvalue weighted by Crippen LogP contribution is 2.27. The summed E-state index contributed by atoms with van der Waals surface area (Å²) in [6.45, 7) is 1.49. The molecule has 9 heteroatoms. The van der Waals surface area contributed by atoms with E-state index in [4.69, 9.17) is 9.47 Å². The Labute approximate surface area is 159 Å². The van der Waals surface area contributed by atoms with Crippen LogP contribution in [0, 0.1) is 0 Å². The number of amides is 1. The number of nitrogens with one attached hydrogen (secondary N) is 1. The lowest BCUT2D eigenvalue weighted by Crippen LogP contribution is -2.40. The average molecular weight is 398 g/mol. The van der Waals surface area contributed by atoms with Gasteiger partial charge in [0.25, 0.3) is 5.91 Å². The van der Waals surface area contributed by atoms with Gasteiger partial charge in [-0.2, -0.15) is 0 Å². The third-order valence-corrected chi connectivity index (χ3v) is 6.35. The summed E-state index contributed by atoms with van der Waals surface area (Å²) in [6.07, 6.45) is 3.03. The fourth-order valence-electron chi connectivity index (χ4n) is 2.87.